The quantitative estimate of drug-likeness (QED) is 0.173. The minimum Gasteiger partial charge on any atom is -0.435 e. The average molecular weight is 655 g/mol. The van der Waals surface area contributed by atoms with Crippen molar-refractivity contribution >= 4 is 49.7 Å². The van der Waals surface area contributed by atoms with Crippen LogP contribution in [0.1, 0.15) is 25.0 Å². The van der Waals surface area contributed by atoms with Crippen LogP contribution in [-0.4, -0.2) is 4.98 Å². The van der Waals surface area contributed by atoms with Gasteiger partial charge in [0.15, 0.2) is 5.58 Å². The molecule has 0 unspecified atom stereocenters. The Balaban J connectivity index is 1.20. The maximum absolute atomic E-state index is 6.59. The lowest BCUT2D eigenvalue weighted by Gasteiger charge is -2.29. The predicted molar refractivity (Wildman–Crippen MR) is 212 cm³/mol. The Bertz CT molecular complexity index is 2780. The minimum atomic E-state index is -0.118. The highest BCUT2D eigenvalue weighted by Crippen LogP contribution is 2.51. The number of nitrogens with zero attached hydrogens (tertiary/aromatic N) is 2. The fourth-order valence-electron chi connectivity index (χ4n) is 8.09. The Kier molecular flexibility index (Phi) is 6.53. The van der Waals surface area contributed by atoms with Crippen LogP contribution in [0.3, 0.4) is 0 Å². The van der Waals surface area contributed by atoms with Gasteiger partial charge in [-0.25, -0.2) is 4.98 Å². The first-order chi connectivity index (χ1) is 25.0. The summed E-state index contributed by atoms with van der Waals surface area (Å²) in [5.41, 5.74) is 13.5. The van der Waals surface area contributed by atoms with Crippen LogP contribution in [0, 0.1) is 0 Å². The number of hydrogen-bond donors (Lipinski definition) is 0. The van der Waals surface area contributed by atoms with Crippen LogP contribution in [0.2, 0.25) is 0 Å². The van der Waals surface area contributed by atoms with Crippen LogP contribution in [-0.2, 0) is 5.41 Å². The maximum Gasteiger partial charge on any atom is 0.227 e. The standard InChI is InChI=1S/C48H34N2O/c1-48(2)42-19-10-9-18-39(42)40-26-25-38(30-43(40)48)50(36-17-11-16-35(28-36)31-12-5-3-6-13-31)37-24-22-32-20-21-33-23-27-44-46(45(33)41(32)29-37)51-47(49-44)34-14-7-4-8-15-34/h3-30H,1-2H3. The van der Waals surface area contributed by atoms with Gasteiger partial charge in [0, 0.05) is 33.4 Å². The van der Waals surface area contributed by atoms with Crippen molar-refractivity contribution < 1.29 is 4.42 Å². The molecule has 1 heterocycles. The molecule has 0 fully saturated rings. The summed E-state index contributed by atoms with van der Waals surface area (Å²) in [7, 11) is 0. The van der Waals surface area contributed by atoms with E-state index in [1.54, 1.807) is 0 Å². The van der Waals surface area contributed by atoms with Gasteiger partial charge >= 0.3 is 0 Å². The highest BCUT2D eigenvalue weighted by Gasteiger charge is 2.35. The largest absolute Gasteiger partial charge is 0.435 e. The van der Waals surface area contributed by atoms with Crippen LogP contribution in [0.4, 0.5) is 17.1 Å². The molecule has 0 radical (unpaired) electrons. The Hall–Kier alpha value is -6.45. The monoisotopic (exact) mass is 654 g/mol. The number of hydrogen-bond acceptors (Lipinski definition) is 3. The molecule has 0 amide bonds. The van der Waals surface area contributed by atoms with Crippen molar-refractivity contribution in [3.63, 3.8) is 0 Å². The normalized spacial score (nSPS) is 13.1. The van der Waals surface area contributed by atoms with Crippen LogP contribution < -0.4 is 4.90 Å². The summed E-state index contributed by atoms with van der Waals surface area (Å²) in [4.78, 5) is 7.32. The number of rotatable bonds is 5. The van der Waals surface area contributed by atoms with Crippen molar-refractivity contribution in [2.24, 2.45) is 0 Å². The highest BCUT2D eigenvalue weighted by molar-refractivity contribution is 6.18. The first kappa shape index (κ1) is 29.5. The molecule has 3 heteroatoms. The van der Waals surface area contributed by atoms with Crippen LogP contribution in [0.25, 0.3) is 66.4 Å². The van der Waals surface area contributed by atoms with E-state index in [1.165, 1.54) is 33.4 Å². The van der Waals surface area contributed by atoms with Gasteiger partial charge in [-0.3, -0.25) is 0 Å². The molecule has 1 aliphatic rings. The summed E-state index contributed by atoms with van der Waals surface area (Å²) >= 11 is 0. The predicted octanol–water partition coefficient (Wildman–Crippen LogP) is 13.2. The fraction of sp³-hybridized carbons (Fsp3) is 0.0625. The Labute approximate surface area is 297 Å². The molecule has 9 aromatic rings. The number of oxazole rings is 1. The van der Waals surface area contributed by atoms with Crippen molar-refractivity contribution in [1.29, 1.82) is 0 Å². The van der Waals surface area contributed by atoms with Gasteiger partial charge in [-0.2, -0.15) is 0 Å². The fourth-order valence-corrected chi connectivity index (χ4v) is 8.09. The molecule has 0 bridgehead atoms. The van der Waals surface area contributed by atoms with E-state index in [9.17, 15) is 0 Å². The second kappa shape index (κ2) is 11.3. The first-order valence-electron chi connectivity index (χ1n) is 17.5. The van der Waals surface area contributed by atoms with Crippen molar-refractivity contribution in [2.75, 3.05) is 4.90 Å². The number of fused-ring (bicyclic) bond motifs is 8. The molecule has 8 aromatic carbocycles. The summed E-state index contributed by atoms with van der Waals surface area (Å²) < 4.78 is 6.59. The lowest BCUT2D eigenvalue weighted by Crippen LogP contribution is -2.16. The lowest BCUT2D eigenvalue weighted by molar-refractivity contribution is 0.623. The van der Waals surface area contributed by atoms with Crippen molar-refractivity contribution in [3.8, 4) is 33.7 Å². The van der Waals surface area contributed by atoms with Gasteiger partial charge in [-0.05, 0) is 104 Å². The number of benzene rings is 8. The van der Waals surface area contributed by atoms with Crippen LogP contribution in [0.15, 0.2) is 174 Å². The molecule has 3 nitrogen and oxygen atoms in total. The zero-order chi connectivity index (χ0) is 34.1. The maximum atomic E-state index is 6.59. The third kappa shape index (κ3) is 4.69. The third-order valence-corrected chi connectivity index (χ3v) is 10.7. The minimum absolute atomic E-state index is 0.118. The molecule has 242 valence electrons. The van der Waals surface area contributed by atoms with E-state index in [0.717, 1.165) is 55.3 Å². The molecule has 0 saturated heterocycles. The molecule has 0 N–H and O–H groups in total. The second-order valence-corrected chi connectivity index (χ2v) is 14.0. The van der Waals surface area contributed by atoms with E-state index < -0.39 is 0 Å². The van der Waals surface area contributed by atoms with Gasteiger partial charge in [0.2, 0.25) is 5.89 Å². The van der Waals surface area contributed by atoms with E-state index in [2.05, 4.69) is 158 Å². The lowest BCUT2D eigenvalue weighted by atomic mass is 9.82. The average Bonchev–Trinajstić information content (AvgIpc) is 3.72. The number of anilines is 3. The van der Waals surface area contributed by atoms with E-state index in [4.69, 9.17) is 9.40 Å². The molecule has 1 aromatic heterocycles. The van der Waals surface area contributed by atoms with E-state index in [1.807, 2.05) is 30.3 Å². The zero-order valence-corrected chi connectivity index (χ0v) is 28.5. The topological polar surface area (TPSA) is 29.3 Å². The highest BCUT2D eigenvalue weighted by atomic mass is 16.3. The van der Waals surface area contributed by atoms with E-state index in [0.29, 0.717) is 5.89 Å². The molecule has 1 aliphatic carbocycles. The zero-order valence-electron chi connectivity index (χ0n) is 28.5. The van der Waals surface area contributed by atoms with E-state index in [-0.39, 0.29) is 5.41 Å². The van der Waals surface area contributed by atoms with Gasteiger partial charge in [-0.1, -0.05) is 129 Å². The molecular formula is C48H34N2O. The van der Waals surface area contributed by atoms with Gasteiger partial charge < -0.3 is 9.32 Å². The molecule has 0 aliphatic heterocycles. The summed E-state index contributed by atoms with van der Waals surface area (Å²) in [6, 6.07) is 60.9. The molecule has 10 rings (SSSR count). The SMILES string of the molecule is CC1(C)c2ccccc2-c2ccc(N(c3cccc(-c4ccccc4)c3)c3ccc4ccc5ccc6nc(-c7ccccc7)oc6c5c4c3)cc21. The molecule has 0 atom stereocenters. The van der Waals surface area contributed by atoms with Crippen molar-refractivity contribution in [2.45, 2.75) is 19.3 Å². The molecule has 0 saturated carbocycles. The molecular weight excluding hydrogens is 621 g/mol. The first-order valence-corrected chi connectivity index (χ1v) is 17.5. The summed E-state index contributed by atoms with van der Waals surface area (Å²) in [5, 5.41) is 4.48. The smallest absolute Gasteiger partial charge is 0.227 e. The third-order valence-electron chi connectivity index (χ3n) is 10.7. The van der Waals surface area contributed by atoms with E-state index >= 15 is 0 Å². The summed E-state index contributed by atoms with van der Waals surface area (Å²) in [5.74, 6) is 0.632. The molecule has 0 spiro atoms. The van der Waals surface area contributed by atoms with Gasteiger partial charge in [-0.15, -0.1) is 0 Å². The second-order valence-electron chi connectivity index (χ2n) is 14.0. The van der Waals surface area contributed by atoms with Crippen LogP contribution in [0.5, 0.6) is 0 Å². The van der Waals surface area contributed by atoms with Crippen LogP contribution >= 0.6 is 0 Å². The summed E-state index contributed by atoms with van der Waals surface area (Å²) in [6.07, 6.45) is 0. The van der Waals surface area contributed by atoms with Gasteiger partial charge in [0.05, 0.1) is 0 Å². The van der Waals surface area contributed by atoms with Crippen molar-refractivity contribution in [1.82, 2.24) is 4.98 Å². The Morgan fingerprint density at radius 3 is 1.96 bits per heavy atom. The molecule has 51 heavy (non-hydrogen) atoms. The van der Waals surface area contributed by atoms with Gasteiger partial charge in [0.1, 0.15) is 5.52 Å². The number of aromatic nitrogens is 1. The van der Waals surface area contributed by atoms with Gasteiger partial charge in [0.25, 0.3) is 0 Å². The van der Waals surface area contributed by atoms with Crippen molar-refractivity contribution in [3.05, 3.63) is 181 Å². The Morgan fingerprint density at radius 2 is 1.12 bits per heavy atom. The Morgan fingerprint density at radius 1 is 0.490 bits per heavy atom. The summed E-state index contributed by atoms with van der Waals surface area (Å²) in [6.45, 7) is 4.69.